The van der Waals surface area contributed by atoms with Gasteiger partial charge in [-0.3, -0.25) is 14.2 Å². The lowest BCUT2D eigenvalue weighted by Gasteiger charge is -2.26. The van der Waals surface area contributed by atoms with E-state index in [4.69, 9.17) is 9.26 Å². The third kappa shape index (κ3) is 4.37. The number of morpholine rings is 1. The monoisotopic (exact) mass is 440 g/mol. The van der Waals surface area contributed by atoms with E-state index in [0.717, 1.165) is 14.8 Å². The van der Waals surface area contributed by atoms with Crippen LogP contribution in [0.4, 0.5) is 0 Å². The molecule has 2 aromatic heterocycles. The predicted molar refractivity (Wildman–Crippen MR) is 114 cm³/mol. The molecule has 1 fully saturated rings. The largest absolute Gasteiger partial charge is 0.378 e. The highest BCUT2D eigenvalue weighted by molar-refractivity contribution is 5.76. The van der Waals surface area contributed by atoms with Crippen LogP contribution in [0.2, 0.25) is 0 Å². The van der Waals surface area contributed by atoms with Crippen molar-refractivity contribution in [3.8, 4) is 17.2 Å². The maximum Gasteiger partial charge on any atom is 0.352 e. The third-order valence-corrected chi connectivity index (χ3v) is 5.25. The van der Waals surface area contributed by atoms with Crippen molar-refractivity contribution in [2.45, 2.75) is 33.2 Å². The Bertz CT molecular complexity index is 1220. The first kappa shape index (κ1) is 21.6. The topological polar surface area (TPSA) is 125 Å². The number of ether oxygens (including phenoxy) is 1. The van der Waals surface area contributed by atoms with E-state index in [-0.39, 0.29) is 42.7 Å². The van der Waals surface area contributed by atoms with Gasteiger partial charge in [0.05, 0.1) is 18.9 Å². The zero-order valence-electron chi connectivity index (χ0n) is 18.0. The molecule has 11 heteroatoms. The third-order valence-electron chi connectivity index (χ3n) is 5.25. The average Bonchev–Trinajstić information content (AvgIpc) is 3.28. The van der Waals surface area contributed by atoms with Gasteiger partial charge in [0.1, 0.15) is 0 Å². The molecule has 0 radical (unpaired) electrons. The molecule has 3 heterocycles. The van der Waals surface area contributed by atoms with Gasteiger partial charge in [0, 0.05) is 32.5 Å². The van der Waals surface area contributed by atoms with E-state index in [1.54, 1.807) is 24.0 Å². The Morgan fingerprint density at radius 2 is 1.84 bits per heavy atom. The summed E-state index contributed by atoms with van der Waals surface area (Å²) in [5.74, 6) is 0.179. The second kappa shape index (κ2) is 9.27. The summed E-state index contributed by atoms with van der Waals surface area (Å²) in [6.45, 7) is 5.99. The number of rotatable bonds is 6. The standard InChI is InChI=1S/C21H24N6O5/c1-3-26-20(29)18(23-27(21(26)30)15-6-4-14(2)5-7-15)19-22-16(32-24-19)8-9-17(28)25-10-12-31-13-11-25/h4-7H,3,8-13H2,1-2H3. The van der Waals surface area contributed by atoms with Gasteiger partial charge in [0.25, 0.3) is 5.56 Å². The first-order valence-corrected chi connectivity index (χ1v) is 10.5. The van der Waals surface area contributed by atoms with Gasteiger partial charge in [-0.15, -0.1) is 0 Å². The van der Waals surface area contributed by atoms with Crippen molar-refractivity contribution < 1.29 is 14.1 Å². The van der Waals surface area contributed by atoms with E-state index in [1.807, 2.05) is 19.1 Å². The molecule has 3 aromatic rings. The van der Waals surface area contributed by atoms with Crippen molar-refractivity contribution in [1.82, 2.24) is 29.4 Å². The van der Waals surface area contributed by atoms with Gasteiger partial charge in [-0.2, -0.15) is 14.8 Å². The second-order valence-corrected chi connectivity index (χ2v) is 7.43. The van der Waals surface area contributed by atoms with Crippen molar-refractivity contribution in [2.75, 3.05) is 26.3 Å². The Labute approximate surface area is 183 Å². The van der Waals surface area contributed by atoms with Gasteiger partial charge >= 0.3 is 5.69 Å². The average molecular weight is 440 g/mol. The number of aromatic nitrogens is 5. The Balaban J connectivity index is 1.61. The molecule has 1 amide bonds. The molecule has 0 bridgehead atoms. The summed E-state index contributed by atoms with van der Waals surface area (Å²) in [5.41, 5.74) is 0.299. The summed E-state index contributed by atoms with van der Waals surface area (Å²) < 4.78 is 12.7. The van der Waals surface area contributed by atoms with E-state index in [2.05, 4.69) is 15.2 Å². The number of aryl methyl sites for hydroxylation is 2. The van der Waals surface area contributed by atoms with E-state index in [9.17, 15) is 14.4 Å². The lowest BCUT2D eigenvalue weighted by atomic mass is 10.2. The molecule has 0 unspecified atom stereocenters. The number of hydrogen-bond acceptors (Lipinski definition) is 8. The molecule has 0 aliphatic carbocycles. The maximum atomic E-state index is 12.8. The second-order valence-electron chi connectivity index (χ2n) is 7.43. The van der Waals surface area contributed by atoms with Gasteiger partial charge in [0.2, 0.25) is 17.6 Å². The molecule has 1 aromatic carbocycles. The van der Waals surface area contributed by atoms with E-state index < -0.39 is 11.2 Å². The molecular weight excluding hydrogens is 416 g/mol. The summed E-state index contributed by atoms with van der Waals surface area (Å²) in [7, 11) is 0. The quantitative estimate of drug-likeness (QED) is 0.545. The minimum absolute atomic E-state index is 0.0209. The Hall–Kier alpha value is -3.60. The Morgan fingerprint density at radius 1 is 1.12 bits per heavy atom. The van der Waals surface area contributed by atoms with Gasteiger partial charge in [-0.1, -0.05) is 22.9 Å². The van der Waals surface area contributed by atoms with Gasteiger partial charge in [0.15, 0.2) is 5.69 Å². The minimum atomic E-state index is -0.599. The fraction of sp³-hybridized carbons (Fsp3) is 0.429. The maximum absolute atomic E-state index is 12.8. The summed E-state index contributed by atoms with van der Waals surface area (Å²) in [6, 6.07) is 7.19. The van der Waals surface area contributed by atoms with Crippen LogP contribution in [0.25, 0.3) is 17.2 Å². The summed E-state index contributed by atoms with van der Waals surface area (Å²) in [6.07, 6.45) is 0.444. The Morgan fingerprint density at radius 3 is 2.53 bits per heavy atom. The van der Waals surface area contributed by atoms with Crippen molar-refractivity contribution in [3.63, 3.8) is 0 Å². The zero-order valence-corrected chi connectivity index (χ0v) is 18.0. The molecule has 11 nitrogen and oxygen atoms in total. The normalized spacial score (nSPS) is 14.0. The molecular formula is C21H24N6O5. The highest BCUT2D eigenvalue weighted by atomic mass is 16.5. The van der Waals surface area contributed by atoms with Gasteiger partial charge in [-0.25, -0.2) is 4.79 Å². The van der Waals surface area contributed by atoms with Gasteiger partial charge in [-0.05, 0) is 26.0 Å². The summed E-state index contributed by atoms with van der Waals surface area (Å²) in [4.78, 5) is 43.9. The van der Waals surface area contributed by atoms with Crippen LogP contribution in [0.1, 0.15) is 24.8 Å². The van der Waals surface area contributed by atoms with Crippen LogP contribution < -0.4 is 11.2 Å². The highest BCUT2D eigenvalue weighted by Crippen LogP contribution is 2.12. The highest BCUT2D eigenvalue weighted by Gasteiger charge is 2.21. The molecule has 0 spiro atoms. The molecule has 32 heavy (non-hydrogen) atoms. The van der Waals surface area contributed by atoms with Crippen LogP contribution >= 0.6 is 0 Å². The molecule has 0 N–H and O–H groups in total. The van der Waals surface area contributed by atoms with Crippen LogP contribution in [0.15, 0.2) is 38.4 Å². The van der Waals surface area contributed by atoms with Crippen LogP contribution in [0.3, 0.4) is 0 Å². The van der Waals surface area contributed by atoms with E-state index in [1.165, 1.54) is 0 Å². The fourth-order valence-corrected chi connectivity index (χ4v) is 3.43. The number of carbonyl (C=O) groups excluding carboxylic acids is 1. The van der Waals surface area contributed by atoms with Crippen LogP contribution in [0.5, 0.6) is 0 Å². The fourth-order valence-electron chi connectivity index (χ4n) is 3.43. The molecule has 168 valence electrons. The summed E-state index contributed by atoms with van der Waals surface area (Å²) in [5, 5.41) is 8.10. The molecule has 4 rings (SSSR count). The van der Waals surface area contributed by atoms with Crippen molar-refractivity contribution in [1.29, 1.82) is 0 Å². The Kier molecular flexibility index (Phi) is 6.26. The van der Waals surface area contributed by atoms with Crippen molar-refractivity contribution in [3.05, 3.63) is 56.6 Å². The van der Waals surface area contributed by atoms with E-state index >= 15 is 0 Å². The van der Waals surface area contributed by atoms with Crippen LogP contribution in [0, 0.1) is 6.92 Å². The molecule has 0 atom stereocenters. The molecule has 1 aliphatic rings. The smallest absolute Gasteiger partial charge is 0.352 e. The number of hydrogen-bond donors (Lipinski definition) is 0. The molecule has 1 aliphatic heterocycles. The first-order valence-electron chi connectivity index (χ1n) is 10.5. The molecule has 0 saturated carbocycles. The molecule has 1 saturated heterocycles. The number of amides is 1. The van der Waals surface area contributed by atoms with E-state index in [0.29, 0.717) is 32.0 Å². The zero-order chi connectivity index (χ0) is 22.7. The van der Waals surface area contributed by atoms with Crippen molar-refractivity contribution >= 4 is 5.91 Å². The lowest BCUT2D eigenvalue weighted by Crippen LogP contribution is -2.41. The minimum Gasteiger partial charge on any atom is -0.378 e. The van der Waals surface area contributed by atoms with Crippen molar-refractivity contribution in [2.24, 2.45) is 0 Å². The van der Waals surface area contributed by atoms with Crippen LogP contribution in [-0.2, 0) is 22.5 Å². The van der Waals surface area contributed by atoms with Gasteiger partial charge < -0.3 is 14.2 Å². The number of benzene rings is 1. The predicted octanol–water partition coefficient (Wildman–Crippen LogP) is 0.564. The lowest BCUT2D eigenvalue weighted by molar-refractivity contribution is -0.135. The SMILES string of the molecule is CCn1c(=O)c(-c2noc(CCC(=O)N3CCOCC3)n2)nn(-c2ccc(C)cc2)c1=O. The number of nitrogens with zero attached hydrogens (tertiary/aromatic N) is 6. The first-order chi connectivity index (χ1) is 15.5. The number of carbonyl (C=O) groups is 1. The van der Waals surface area contributed by atoms with Crippen LogP contribution in [-0.4, -0.2) is 61.6 Å². The summed E-state index contributed by atoms with van der Waals surface area (Å²) >= 11 is 0.